The molecule has 2 heterocycles. The first-order valence-corrected chi connectivity index (χ1v) is 15.0. The summed E-state index contributed by atoms with van der Waals surface area (Å²) in [7, 11) is 4.55. The van der Waals surface area contributed by atoms with Gasteiger partial charge in [-0.15, -0.1) is 0 Å². The molecule has 0 N–H and O–H groups in total. The Morgan fingerprint density at radius 2 is 1.65 bits per heavy atom. The van der Waals surface area contributed by atoms with Gasteiger partial charge in [-0.3, -0.25) is 19.5 Å². The van der Waals surface area contributed by atoms with Gasteiger partial charge in [0.25, 0.3) is 11.2 Å². The number of hydrogen-bond acceptors (Lipinski definition) is 11. The van der Waals surface area contributed by atoms with Crippen LogP contribution in [-0.4, -0.2) is 43.4 Å². The summed E-state index contributed by atoms with van der Waals surface area (Å²) in [6.45, 7) is 3.77. The number of fused-ring (bicyclic) bond motifs is 1. The van der Waals surface area contributed by atoms with Gasteiger partial charge in [0.15, 0.2) is 27.8 Å². The van der Waals surface area contributed by atoms with Crippen LogP contribution in [-0.2, 0) is 16.1 Å². The number of carbonyl (C=O) groups is 1. The minimum atomic E-state index is -0.818. The molecule has 0 spiro atoms. The van der Waals surface area contributed by atoms with Gasteiger partial charge < -0.3 is 23.7 Å². The lowest BCUT2D eigenvalue weighted by molar-refractivity contribution is -0.384. The van der Waals surface area contributed by atoms with E-state index in [2.05, 4.69) is 4.99 Å². The molecule has 0 bridgehead atoms. The summed E-state index contributed by atoms with van der Waals surface area (Å²) in [5, 5.41) is 10.9. The fourth-order valence-electron chi connectivity index (χ4n) is 5.05. The standard InChI is InChI=1S/C33H31N3O9S/c1-6-44-32(38)29-19(2)34-33-35(30(29)22-10-14-24(41-3)27(17-22)43-5)31(37)28(46-33)16-21-9-13-25(26(15-21)42-4)45-18-20-7-11-23(12-8-20)36(39)40/h7-17,30H,6,18H2,1-5H3. The summed E-state index contributed by atoms with van der Waals surface area (Å²) in [5.74, 6) is 1.29. The number of carbonyl (C=O) groups excluding carboxylic acids is 1. The quantitative estimate of drug-likeness (QED) is 0.133. The second-order valence-electron chi connectivity index (χ2n) is 10.0. The summed E-state index contributed by atoms with van der Waals surface area (Å²) in [6.07, 6.45) is 1.72. The van der Waals surface area contributed by atoms with Gasteiger partial charge in [-0.2, -0.15) is 0 Å². The number of rotatable bonds is 11. The molecular formula is C33H31N3O9S. The zero-order valence-corrected chi connectivity index (χ0v) is 26.6. The number of methoxy groups -OCH3 is 3. The Morgan fingerprint density at radius 1 is 0.978 bits per heavy atom. The van der Waals surface area contributed by atoms with Crippen molar-refractivity contribution in [3.63, 3.8) is 0 Å². The number of allylic oxidation sites excluding steroid dienone is 1. The molecule has 0 radical (unpaired) electrons. The molecule has 12 nitrogen and oxygen atoms in total. The van der Waals surface area contributed by atoms with Gasteiger partial charge in [-0.05, 0) is 73.0 Å². The second kappa shape index (κ2) is 13.7. The molecule has 1 unspecified atom stereocenters. The van der Waals surface area contributed by atoms with Crippen LogP contribution in [0.2, 0.25) is 0 Å². The van der Waals surface area contributed by atoms with Gasteiger partial charge in [0.2, 0.25) is 0 Å². The zero-order chi connectivity index (χ0) is 33.0. The number of thiazole rings is 1. The highest BCUT2D eigenvalue weighted by Crippen LogP contribution is 2.36. The molecule has 0 amide bonds. The Labute approximate surface area is 267 Å². The number of nitro benzene ring substituents is 1. The fourth-order valence-corrected chi connectivity index (χ4v) is 6.10. The van der Waals surface area contributed by atoms with Gasteiger partial charge in [-0.25, -0.2) is 9.79 Å². The lowest BCUT2D eigenvalue weighted by atomic mass is 9.95. The van der Waals surface area contributed by atoms with Crippen molar-refractivity contribution in [3.05, 3.63) is 118 Å². The predicted octanol–water partition coefficient (Wildman–Crippen LogP) is 4.31. The number of non-ortho nitro benzene ring substituents is 1. The average Bonchev–Trinajstić information content (AvgIpc) is 3.36. The van der Waals surface area contributed by atoms with E-state index in [9.17, 15) is 19.7 Å². The maximum absolute atomic E-state index is 14.0. The normalized spacial score (nSPS) is 14.3. The van der Waals surface area contributed by atoms with Crippen molar-refractivity contribution in [1.29, 1.82) is 0 Å². The number of nitro groups is 1. The summed E-state index contributed by atoms with van der Waals surface area (Å²) in [6, 6.07) is 15.8. The van der Waals surface area contributed by atoms with Crippen molar-refractivity contribution in [1.82, 2.24) is 4.57 Å². The fraction of sp³-hybridized carbons (Fsp3) is 0.242. The van der Waals surface area contributed by atoms with Crippen LogP contribution in [0.5, 0.6) is 23.0 Å². The molecule has 1 aliphatic heterocycles. The van der Waals surface area contributed by atoms with Crippen molar-refractivity contribution >= 4 is 29.1 Å². The summed E-state index contributed by atoms with van der Waals surface area (Å²) < 4.78 is 29.6. The molecule has 0 saturated carbocycles. The highest BCUT2D eigenvalue weighted by molar-refractivity contribution is 7.07. The van der Waals surface area contributed by atoms with Crippen molar-refractivity contribution in [2.24, 2.45) is 4.99 Å². The molecule has 0 aliphatic carbocycles. The average molecular weight is 646 g/mol. The molecule has 1 aliphatic rings. The Morgan fingerprint density at radius 3 is 2.30 bits per heavy atom. The van der Waals surface area contributed by atoms with Crippen LogP contribution in [0, 0.1) is 10.1 Å². The number of ether oxygens (including phenoxy) is 5. The third kappa shape index (κ3) is 6.35. The van der Waals surface area contributed by atoms with Crippen LogP contribution < -0.4 is 33.8 Å². The molecule has 5 rings (SSSR count). The molecule has 46 heavy (non-hydrogen) atoms. The largest absolute Gasteiger partial charge is 0.493 e. The molecule has 238 valence electrons. The maximum Gasteiger partial charge on any atom is 0.338 e. The van der Waals surface area contributed by atoms with E-state index in [4.69, 9.17) is 23.7 Å². The Hall–Kier alpha value is -5.43. The van der Waals surface area contributed by atoms with Crippen molar-refractivity contribution < 1.29 is 33.4 Å². The lowest BCUT2D eigenvalue weighted by Gasteiger charge is -2.25. The van der Waals surface area contributed by atoms with E-state index in [-0.39, 0.29) is 30.0 Å². The molecule has 1 aromatic heterocycles. The molecule has 0 saturated heterocycles. The monoisotopic (exact) mass is 645 g/mol. The van der Waals surface area contributed by atoms with Crippen molar-refractivity contribution in [2.45, 2.75) is 26.5 Å². The van der Waals surface area contributed by atoms with E-state index in [1.807, 2.05) is 0 Å². The second-order valence-corrected chi connectivity index (χ2v) is 11.0. The van der Waals surface area contributed by atoms with Gasteiger partial charge in [0.05, 0.1) is 54.7 Å². The predicted molar refractivity (Wildman–Crippen MR) is 170 cm³/mol. The highest BCUT2D eigenvalue weighted by Gasteiger charge is 2.34. The Bertz CT molecular complexity index is 2010. The zero-order valence-electron chi connectivity index (χ0n) is 25.8. The smallest absolute Gasteiger partial charge is 0.338 e. The van der Waals surface area contributed by atoms with Gasteiger partial charge in [-0.1, -0.05) is 23.5 Å². The van der Waals surface area contributed by atoms with Gasteiger partial charge >= 0.3 is 5.97 Å². The summed E-state index contributed by atoms with van der Waals surface area (Å²) in [4.78, 5) is 42.7. The highest BCUT2D eigenvalue weighted by atomic mass is 32.1. The van der Waals surface area contributed by atoms with E-state index in [0.29, 0.717) is 49.2 Å². The first kappa shape index (κ1) is 32.0. The number of aromatic nitrogens is 1. The molecule has 3 aromatic carbocycles. The van der Waals surface area contributed by atoms with E-state index in [0.717, 1.165) is 5.56 Å². The topological polar surface area (TPSA) is 141 Å². The molecule has 4 aromatic rings. The van der Waals surface area contributed by atoms with Gasteiger partial charge in [0, 0.05) is 12.1 Å². The van der Waals surface area contributed by atoms with E-state index in [1.165, 1.54) is 49.4 Å². The first-order chi connectivity index (χ1) is 22.2. The van der Waals surface area contributed by atoms with E-state index < -0.39 is 16.9 Å². The van der Waals surface area contributed by atoms with Crippen LogP contribution in [0.15, 0.2) is 81.7 Å². The Balaban J connectivity index is 1.53. The minimum absolute atomic E-state index is 0.00159. The molecule has 13 heteroatoms. The van der Waals surface area contributed by atoms with Crippen LogP contribution in [0.4, 0.5) is 5.69 Å². The van der Waals surface area contributed by atoms with E-state index >= 15 is 0 Å². The number of nitrogens with zero attached hydrogens (tertiary/aromatic N) is 3. The van der Waals surface area contributed by atoms with Crippen LogP contribution in [0.25, 0.3) is 6.08 Å². The lowest BCUT2D eigenvalue weighted by Crippen LogP contribution is -2.39. The SMILES string of the molecule is CCOC(=O)C1=C(C)N=c2sc(=Cc3ccc(OCc4ccc([N+](=O)[O-])cc4)c(OC)c3)c(=O)n2C1c1ccc(OC)c(OC)c1. The summed E-state index contributed by atoms with van der Waals surface area (Å²) in [5.41, 5.74) is 2.41. The number of esters is 1. The Kier molecular flexibility index (Phi) is 9.52. The van der Waals surface area contributed by atoms with Crippen molar-refractivity contribution in [3.8, 4) is 23.0 Å². The van der Waals surface area contributed by atoms with Crippen LogP contribution in [0.3, 0.4) is 0 Å². The number of hydrogen-bond donors (Lipinski definition) is 0. The molecular weight excluding hydrogens is 614 g/mol. The number of benzene rings is 3. The van der Waals surface area contributed by atoms with Crippen molar-refractivity contribution in [2.75, 3.05) is 27.9 Å². The molecule has 0 fully saturated rings. The first-order valence-electron chi connectivity index (χ1n) is 14.1. The molecule has 1 atom stereocenters. The van der Waals surface area contributed by atoms with Gasteiger partial charge in [0.1, 0.15) is 6.61 Å². The van der Waals surface area contributed by atoms with Crippen LogP contribution in [0.1, 0.15) is 36.6 Å². The maximum atomic E-state index is 14.0. The third-order valence-corrected chi connectivity index (χ3v) is 8.25. The summed E-state index contributed by atoms with van der Waals surface area (Å²) >= 11 is 1.20. The van der Waals surface area contributed by atoms with E-state index in [1.54, 1.807) is 68.5 Å². The minimum Gasteiger partial charge on any atom is -0.493 e. The van der Waals surface area contributed by atoms with Crippen LogP contribution >= 0.6 is 11.3 Å². The third-order valence-electron chi connectivity index (χ3n) is 7.27.